The van der Waals surface area contributed by atoms with Gasteiger partial charge < -0.3 is 25.2 Å². The molecule has 1 aromatic heterocycles. The second-order valence-electron chi connectivity index (χ2n) is 7.38. The smallest absolute Gasteiger partial charge is 0.267 e. The van der Waals surface area contributed by atoms with Crippen molar-refractivity contribution in [2.75, 3.05) is 17.7 Å². The molecule has 0 fully saturated rings. The minimum Gasteiger partial charge on any atom is -0.508 e. The molecule has 0 bridgehead atoms. The second-order valence-corrected chi connectivity index (χ2v) is 7.38. The number of rotatable bonds is 7. The van der Waals surface area contributed by atoms with Gasteiger partial charge in [-0.3, -0.25) is 4.98 Å². The molecule has 0 radical (unpaired) electrons. The van der Waals surface area contributed by atoms with Gasteiger partial charge in [0.2, 0.25) is 0 Å². The molecule has 1 aliphatic rings. The van der Waals surface area contributed by atoms with Crippen molar-refractivity contribution in [2.24, 2.45) is 4.99 Å². The van der Waals surface area contributed by atoms with E-state index in [0.717, 1.165) is 34.5 Å². The van der Waals surface area contributed by atoms with Crippen LogP contribution >= 0.6 is 0 Å². The summed E-state index contributed by atoms with van der Waals surface area (Å²) in [6.07, 6.45) is 5.90. The fourth-order valence-corrected chi connectivity index (χ4v) is 3.60. The van der Waals surface area contributed by atoms with Gasteiger partial charge in [-0.1, -0.05) is 13.0 Å². The number of methoxy groups -OCH3 is 1. The first kappa shape index (κ1) is 20.7. The Morgan fingerprint density at radius 1 is 1.13 bits per heavy atom. The highest BCUT2D eigenvalue weighted by Crippen LogP contribution is 2.39. The number of aromatic hydroxyl groups is 1. The van der Waals surface area contributed by atoms with E-state index in [1.165, 1.54) is 0 Å². The Bertz CT molecular complexity index is 1090. The molecule has 2 atom stereocenters. The first-order valence-electron chi connectivity index (χ1n) is 10.2. The summed E-state index contributed by atoms with van der Waals surface area (Å²) in [5, 5.41) is 16.5. The van der Waals surface area contributed by atoms with Crippen LogP contribution in [-0.4, -0.2) is 23.5 Å². The van der Waals surface area contributed by atoms with Crippen molar-refractivity contribution in [3.8, 4) is 11.5 Å². The molecule has 0 amide bonds. The topological polar surface area (TPSA) is 88.0 Å². The van der Waals surface area contributed by atoms with Crippen LogP contribution in [0, 0.1) is 6.92 Å². The average Bonchev–Trinajstić information content (AvgIpc) is 2.80. The quantitative estimate of drug-likeness (QED) is 0.471. The van der Waals surface area contributed by atoms with E-state index < -0.39 is 5.85 Å². The van der Waals surface area contributed by atoms with Crippen LogP contribution in [0.5, 0.6) is 11.5 Å². The first-order chi connectivity index (χ1) is 15.0. The second kappa shape index (κ2) is 8.65. The molecule has 2 unspecified atom stereocenters. The average molecular weight is 418 g/mol. The maximum atomic E-state index is 10.1. The van der Waals surface area contributed by atoms with Crippen molar-refractivity contribution in [3.63, 3.8) is 0 Å². The number of hydrogen-bond donors (Lipinski definition) is 3. The molecular weight excluding hydrogens is 392 g/mol. The minimum absolute atomic E-state index is 0.0702. The van der Waals surface area contributed by atoms with Crippen LogP contribution in [-0.2, 0) is 10.6 Å². The van der Waals surface area contributed by atoms with Gasteiger partial charge in [0.15, 0.2) is 0 Å². The molecule has 7 heteroatoms. The molecule has 160 valence electrons. The Labute approximate surface area is 181 Å². The Kier molecular flexibility index (Phi) is 5.77. The zero-order valence-corrected chi connectivity index (χ0v) is 17.8. The zero-order chi connectivity index (χ0) is 21.8. The van der Waals surface area contributed by atoms with E-state index >= 15 is 0 Å². The van der Waals surface area contributed by atoms with Crippen molar-refractivity contribution in [3.05, 3.63) is 77.6 Å². The summed E-state index contributed by atoms with van der Waals surface area (Å²) >= 11 is 0. The number of aliphatic imine (C=N–C) groups is 1. The lowest BCUT2D eigenvalue weighted by molar-refractivity contribution is 0.0191. The standard InChI is InChI=1S/C24H26N4O3/c1-4-23(17-9-11-25-12-10-17)31-19-7-8-20-21(14-19)26-15-27-24(20,30-3)28-18-6-5-16(2)22(29)13-18/h5-15,23,28-29H,4H2,1-3H3,(H,26,27). The monoisotopic (exact) mass is 418 g/mol. The van der Waals surface area contributed by atoms with E-state index in [1.54, 1.807) is 31.9 Å². The van der Waals surface area contributed by atoms with Crippen molar-refractivity contribution in [1.82, 2.24) is 4.98 Å². The van der Waals surface area contributed by atoms with Crippen LogP contribution in [0.4, 0.5) is 11.4 Å². The summed E-state index contributed by atoms with van der Waals surface area (Å²) in [4.78, 5) is 8.60. The van der Waals surface area contributed by atoms with Gasteiger partial charge in [0.05, 0.1) is 17.6 Å². The predicted molar refractivity (Wildman–Crippen MR) is 122 cm³/mol. The third-order valence-electron chi connectivity index (χ3n) is 5.37. The van der Waals surface area contributed by atoms with Crippen LogP contribution in [0.3, 0.4) is 0 Å². The van der Waals surface area contributed by atoms with Crippen LogP contribution in [0.15, 0.2) is 65.9 Å². The van der Waals surface area contributed by atoms with E-state index in [-0.39, 0.29) is 11.9 Å². The van der Waals surface area contributed by atoms with Gasteiger partial charge in [-0.15, -0.1) is 0 Å². The van der Waals surface area contributed by atoms with Gasteiger partial charge in [-0.2, -0.15) is 0 Å². The number of ether oxygens (including phenoxy) is 2. The highest BCUT2D eigenvalue weighted by atomic mass is 16.5. The molecule has 3 N–H and O–H groups in total. The summed E-state index contributed by atoms with van der Waals surface area (Å²) in [5.41, 5.74) is 4.20. The number of nitrogens with one attached hydrogen (secondary N) is 2. The number of fused-ring (bicyclic) bond motifs is 1. The first-order valence-corrected chi connectivity index (χ1v) is 10.2. The van der Waals surface area contributed by atoms with Crippen molar-refractivity contribution in [2.45, 2.75) is 32.2 Å². The molecule has 0 saturated heterocycles. The normalized spacial score (nSPS) is 18.0. The largest absolute Gasteiger partial charge is 0.508 e. The van der Waals surface area contributed by atoms with Gasteiger partial charge in [0, 0.05) is 37.3 Å². The summed E-state index contributed by atoms with van der Waals surface area (Å²) in [5.74, 6) is -0.182. The Balaban J connectivity index is 1.62. The molecule has 0 saturated carbocycles. The molecule has 0 aliphatic carbocycles. The summed E-state index contributed by atoms with van der Waals surface area (Å²) in [7, 11) is 1.59. The van der Waals surface area contributed by atoms with Crippen molar-refractivity contribution in [1.29, 1.82) is 0 Å². The van der Waals surface area contributed by atoms with Gasteiger partial charge >= 0.3 is 0 Å². The van der Waals surface area contributed by atoms with E-state index in [0.29, 0.717) is 5.69 Å². The molecule has 3 aromatic rings. The van der Waals surface area contributed by atoms with Crippen LogP contribution in [0.25, 0.3) is 0 Å². The summed E-state index contributed by atoms with van der Waals surface area (Å²) in [6.45, 7) is 3.94. The Morgan fingerprint density at radius 2 is 1.94 bits per heavy atom. The maximum Gasteiger partial charge on any atom is 0.267 e. The zero-order valence-electron chi connectivity index (χ0n) is 17.8. The molecule has 0 spiro atoms. The number of benzene rings is 2. The van der Waals surface area contributed by atoms with Gasteiger partial charge in [-0.05, 0) is 54.8 Å². The predicted octanol–water partition coefficient (Wildman–Crippen LogP) is 4.95. The van der Waals surface area contributed by atoms with E-state index in [2.05, 4.69) is 27.5 Å². The molecule has 1 aliphatic heterocycles. The highest BCUT2D eigenvalue weighted by Gasteiger charge is 2.36. The summed E-state index contributed by atoms with van der Waals surface area (Å²) < 4.78 is 12.1. The fourth-order valence-electron chi connectivity index (χ4n) is 3.60. The molecule has 7 nitrogen and oxygen atoms in total. The molecular formula is C24H26N4O3. The lowest BCUT2D eigenvalue weighted by atomic mass is 10.0. The van der Waals surface area contributed by atoms with E-state index in [1.807, 2.05) is 49.4 Å². The Morgan fingerprint density at radius 3 is 2.65 bits per heavy atom. The number of phenols is 1. The van der Waals surface area contributed by atoms with Crippen LogP contribution in [0.1, 0.15) is 36.1 Å². The van der Waals surface area contributed by atoms with Crippen molar-refractivity contribution >= 4 is 17.7 Å². The van der Waals surface area contributed by atoms with Gasteiger partial charge in [-0.25, -0.2) is 4.99 Å². The third kappa shape index (κ3) is 4.18. The number of nitrogens with zero attached hydrogens (tertiary/aromatic N) is 2. The number of aryl methyl sites for hydroxylation is 1. The minimum atomic E-state index is -1.13. The molecule has 2 heterocycles. The van der Waals surface area contributed by atoms with Crippen LogP contribution < -0.4 is 15.4 Å². The molecule has 31 heavy (non-hydrogen) atoms. The van der Waals surface area contributed by atoms with Crippen LogP contribution in [0.2, 0.25) is 0 Å². The molecule has 2 aromatic carbocycles. The van der Waals surface area contributed by atoms with E-state index in [9.17, 15) is 5.11 Å². The third-order valence-corrected chi connectivity index (χ3v) is 5.37. The number of aromatic nitrogens is 1. The number of phenolic OH excluding ortho intramolecular Hbond substituents is 1. The lowest BCUT2D eigenvalue weighted by Gasteiger charge is -2.34. The fraction of sp³-hybridized carbons (Fsp3) is 0.250. The highest BCUT2D eigenvalue weighted by molar-refractivity contribution is 5.82. The SMILES string of the molecule is CCC(Oc1ccc2c(c1)NC=NC2(Nc1ccc(C)c(O)c1)OC)c1ccncc1. The number of pyridine rings is 1. The Hall–Kier alpha value is -3.58. The van der Waals surface area contributed by atoms with Gasteiger partial charge in [0.1, 0.15) is 17.6 Å². The van der Waals surface area contributed by atoms with Crippen molar-refractivity contribution < 1.29 is 14.6 Å². The number of hydrogen-bond acceptors (Lipinski definition) is 7. The summed E-state index contributed by atoms with van der Waals surface area (Å²) in [6, 6.07) is 15.1. The molecule has 4 rings (SSSR count). The number of anilines is 2. The maximum absolute atomic E-state index is 10.1. The van der Waals surface area contributed by atoms with Gasteiger partial charge in [0.25, 0.3) is 5.85 Å². The van der Waals surface area contributed by atoms with E-state index in [4.69, 9.17) is 9.47 Å². The lowest BCUT2D eigenvalue weighted by Crippen LogP contribution is -2.39.